The average molecular weight is 474 g/mol. The summed E-state index contributed by atoms with van der Waals surface area (Å²) in [6.07, 6.45) is 1.54. The summed E-state index contributed by atoms with van der Waals surface area (Å²) in [5, 5.41) is 14.3. The lowest BCUT2D eigenvalue weighted by atomic mass is 10.1. The molecule has 0 fully saturated rings. The first-order valence-corrected chi connectivity index (χ1v) is 10.2. The zero-order valence-corrected chi connectivity index (χ0v) is 18.3. The molecule has 2 N–H and O–H groups in total. The van der Waals surface area contributed by atoms with Gasteiger partial charge in [-0.15, -0.1) is 0 Å². The molecule has 164 valence electrons. The zero-order chi connectivity index (χ0) is 22.7. The Morgan fingerprint density at radius 2 is 2.00 bits per heavy atom. The summed E-state index contributed by atoms with van der Waals surface area (Å²) in [6.45, 7) is 2.05. The highest BCUT2D eigenvalue weighted by Crippen LogP contribution is 2.30. The first-order chi connectivity index (χ1) is 15.4. The molecule has 0 bridgehead atoms. The van der Waals surface area contributed by atoms with Crippen LogP contribution >= 0.6 is 23.2 Å². The Kier molecular flexibility index (Phi) is 6.29. The SMILES string of the molecule is Cc1cc(NC(=O)c2cc(-c3ccc(Cl)cc3Cl)on2)nn1CC(=O)NCc1ccco1. The number of carbonyl (C=O) groups is 2. The fourth-order valence-electron chi connectivity index (χ4n) is 2.90. The molecule has 0 aliphatic heterocycles. The largest absolute Gasteiger partial charge is 0.467 e. The Morgan fingerprint density at radius 3 is 2.75 bits per heavy atom. The number of benzene rings is 1. The maximum Gasteiger partial charge on any atom is 0.279 e. The molecule has 2 amide bonds. The standard InChI is InChI=1S/C21H17Cl2N5O4/c1-12-7-19(26-28(12)11-20(29)24-10-14-3-2-6-31-14)25-21(30)17-9-18(32-27-17)15-5-4-13(22)8-16(15)23/h2-9H,10-11H2,1H3,(H,24,29)(H,25,26,30). The van der Waals surface area contributed by atoms with Crippen LogP contribution in [0.3, 0.4) is 0 Å². The summed E-state index contributed by atoms with van der Waals surface area (Å²) in [4.78, 5) is 24.7. The number of aromatic nitrogens is 3. The minimum Gasteiger partial charge on any atom is -0.467 e. The molecule has 3 aromatic heterocycles. The number of nitrogens with one attached hydrogen (secondary N) is 2. The molecule has 0 aliphatic carbocycles. The number of furan rings is 1. The van der Waals surface area contributed by atoms with Gasteiger partial charge in [0, 0.05) is 28.4 Å². The maximum atomic E-state index is 12.5. The van der Waals surface area contributed by atoms with Crippen LogP contribution in [0.1, 0.15) is 21.9 Å². The van der Waals surface area contributed by atoms with Crippen LogP contribution in [-0.4, -0.2) is 26.8 Å². The molecule has 0 saturated carbocycles. The number of carbonyl (C=O) groups excluding carboxylic acids is 2. The van der Waals surface area contributed by atoms with E-state index in [0.29, 0.717) is 32.8 Å². The van der Waals surface area contributed by atoms with Gasteiger partial charge >= 0.3 is 0 Å². The molecule has 0 saturated heterocycles. The Hall–Kier alpha value is -3.56. The molecule has 4 rings (SSSR count). The van der Waals surface area contributed by atoms with Crippen LogP contribution in [0.15, 0.2) is 57.7 Å². The molecule has 0 spiro atoms. The van der Waals surface area contributed by atoms with Gasteiger partial charge in [-0.05, 0) is 37.3 Å². The van der Waals surface area contributed by atoms with Crippen LogP contribution in [-0.2, 0) is 17.9 Å². The van der Waals surface area contributed by atoms with Crippen molar-refractivity contribution in [3.63, 3.8) is 0 Å². The van der Waals surface area contributed by atoms with E-state index >= 15 is 0 Å². The monoisotopic (exact) mass is 473 g/mol. The van der Waals surface area contributed by atoms with Crippen molar-refractivity contribution in [1.29, 1.82) is 0 Å². The maximum absolute atomic E-state index is 12.5. The van der Waals surface area contributed by atoms with E-state index < -0.39 is 5.91 Å². The molecule has 0 radical (unpaired) electrons. The third-order valence-electron chi connectivity index (χ3n) is 4.50. The van der Waals surface area contributed by atoms with Crippen molar-refractivity contribution in [2.45, 2.75) is 20.0 Å². The van der Waals surface area contributed by atoms with Gasteiger partial charge in [0.25, 0.3) is 5.91 Å². The van der Waals surface area contributed by atoms with Crippen LogP contribution in [0.2, 0.25) is 10.0 Å². The molecule has 1 aromatic carbocycles. The van der Waals surface area contributed by atoms with Crippen LogP contribution in [0.25, 0.3) is 11.3 Å². The minimum absolute atomic E-state index is 0.00835. The van der Waals surface area contributed by atoms with Gasteiger partial charge in [-0.1, -0.05) is 28.4 Å². The lowest BCUT2D eigenvalue weighted by molar-refractivity contribution is -0.122. The van der Waals surface area contributed by atoms with Crippen molar-refractivity contribution in [2.75, 3.05) is 5.32 Å². The molecule has 3 heterocycles. The summed E-state index contributed by atoms with van der Waals surface area (Å²) >= 11 is 12.1. The van der Waals surface area contributed by atoms with E-state index in [1.165, 1.54) is 17.0 Å². The van der Waals surface area contributed by atoms with Crippen molar-refractivity contribution in [1.82, 2.24) is 20.3 Å². The van der Waals surface area contributed by atoms with Gasteiger partial charge < -0.3 is 19.6 Å². The Labute approximate surface area is 192 Å². The number of nitrogens with zero attached hydrogens (tertiary/aromatic N) is 3. The number of anilines is 1. The van der Waals surface area contributed by atoms with Gasteiger partial charge in [0.05, 0.1) is 17.8 Å². The fraction of sp³-hybridized carbons (Fsp3) is 0.143. The number of hydrogen-bond acceptors (Lipinski definition) is 6. The van der Waals surface area contributed by atoms with Crippen molar-refractivity contribution in [3.8, 4) is 11.3 Å². The van der Waals surface area contributed by atoms with E-state index in [-0.39, 0.29) is 30.5 Å². The van der Waals surface area contributed by atoms with Crippen LogP contribution in [0, 0.1) is 6.92 Å². The van der Waals surface area contributed by atoms with Gasteiger partial charge in [0.1, 0.15) is 12.3 Å². The van der Waals surface area contributed by atoms with Crippen LogP contribution < -0.4 is 10.6 Å². The highest BCUT2D eigenvalue weighted by Gasteiger charge is 2.18. The quantitative estimate of drug-likeness (QED) is 0.413. The first-order valence-electron chi connectivity index (χ1n) is 9.46. The lowest BCUT2D eigenvalue weighted by Crippen LogP contribution is -2.27. The number of rotatable bonds is 7. The number of amides is 2. The predicted molar refractivity (Wildman–Crippen MR) is 117 cm³/mol. The van der Waals surface area contributed by atoms with Gasteiger partial charge in [0.2, 0.25) is 5.91 Å². The molecule has 11 heteroatoms. The average Bonchev–Trinajstić information content (AvgIpc) is 3.49. The molecule has 32 heavy (non-hydrogen) atoms. The van der Waals surface area contributed by atoms with E-state index in [0.717, 1.165) is 0 Å². The topological polar surface area (TPSA) is 115 Å². The van der Waals surface area contributed by atoms with E-state index in [9.17, 15) is 9.59 Å². The fourth-order valence-corrected chi connectivity index (χ4v) is 3.40. The second-order valence-corrected chi connectivity index (χ2v) is 7.68. The minimum atomic E-state index is -0.517. The smallest absolute Gasteiger partial charge is 0.279 e. The highest BCUT2D eigenvalue weighted by molar-refractivity contribution is 6.36. The first kappa shape index (κ1) is 21.7. The van der Waals surface area contributed by atoms with Gasteiger partial charge in [-0.3, -0.25) is 14.3 Å². The molecular weight excluding hydrogens is 457 g/mol. The highest BCUT2D eigenvalue weighted by atomic mass is 35.5. The van der Waals surface area contributed by atoms with Crippen molar-refractivity contribution >= 4 is 40.8 Å². The second-order valence-electron chi connectivity index (χ2n) is 6.84. The number of hydrogen-bond donors (Lipinski definition) is 2. The summed E-state index contributed by atoms with van der Waals surface area (Å²) in [7, 11) is 0. The van der Waals surface area contributed by atoms with Crippen LogP contribution in [0.4, 0.5) is 5.82 Å². The molecule has 4 aromatic rings. The van der Waals surface area contributed by atoms with Crippen molar-refractivity contribution in [3.05, 3.63) is 75.9 Å². The van der Waals surface area contributed by atoms with E-state index in [1.807, 2.05) is 0 Å². The molecule has 0 unspecified atom stereocenters. The van der Waals surface area contributed by atoms with E-state index in [1.54, 1.807) is 43.3 Å². The van der Waals surface area contributed by atoms with Gasteiger partial charge in [-0.2, -0.15) is 5.10 Å². The van der Waals surface area contributed by atoms with E-state index in [4.69, 9.17) is 32.1 Å². The Balaban J connectivity index is 1.39. The Bertz CT molecular complexity index is 1260. The third-order valence-corrected chi connectivity index (χ3v) is 5.04. The molecule has 9 nitrogen and oxygen atoms in total. The number of aryl methyl sites for hydroxylation is 1. The van der Waals surface area contributed by atoms with E-state index in [2.05, 4.69) is 20.9 Å². The molecular formula is C21H17Cl2N5O4. The molecule has 0 aliphatic rings. The normalized spacial score (nSPS) is 10.8. The van der Waals surface area contributed by atoms with Gasteiger partial charge in [0.15, 0.2) is 17.3 Å². The van der Waals surface area contributed by atoms with Crippen LogP contribution in [0.5, 0.6) is 0 Å². The number of halogens is 2. The Morgan fingerprint density at radius 1 is 1.16 bits per heavy atom. The second kappa shape index (κ2) is 9.29. The zero-order valence-electron chi connectivity index (χ0n) is 16.8. The van der Waals surface area contributed by atoms with Gasteiger partial charge in [-0.25, -0.2) is 0 Å². The lowest BCUT2D eigenvalue weighted by Gasteiger charge is -2.05. The molecule has 0 atom stereocenters. The predicted octanol–water partition coefficient (Wildman–Crippen LogP) is 4.32. The third kappa shape index (κ3) is 5.01. The van der Waals surface area contributed by atoms with Crippen molar-refractivity contribution in [2.24, 2.45) is 0 Å². The van der Waals surface area contributed by atoms with Crippen molar-refractivity contribution < 1.29 is 18.5 Å². The summed E-state index contributed by atoms with van der Waals surface area (Å²) in [6, 6.07) is 11.5. The summed E-state index contributed by atoms with van der Waals surface area (Å²) in [5.41, 5.74) is 1.31. The summed E-state index contributed by atoms with van der Waals surface area (Å²) < 4.78 is 11.9. The summed E-state index contributed by atoms with van der Waals surface area (Å²) in [5.74, 6) is 0.492.